The van der Waals surface area contributed by atoms with Crippen LogP contribution in [0, 0.1) is 23.7 Å². The third kappa shape index (κ3) is 14.6. The molecule has 2 aromatic heterocycles. The highest BCUT2D eigenvalue weighted by atomic mass is 35.5. The summed E-state index contributed by atoms with van der Waals surface area (Å²) in [6.45, 7) is 15.4. The Balaban J connectivity index is 0.767. The molecule has 8 rings (SSSR count). The van der Waals surface area contributed by atoms with Crippen LogP contribution in [0.2, 0.25) is 5.02 Å². The summed E-state index contributed by atoms with van der Waals surface area (Å²) in [5.74, 6) is 0.106. The highest BCUT2D eigenvalue weighted by Gasteiger charge is 2.53. The number of alkyl halides is 1. The van der Waals surface area contributed by atoms with Crippen molar-refractivity contribution in [2.45, 2.75) is 146 Å². The lowest BCUT2D eigenvalue weighted by molar-refractivity contribution is -0.145. The van der Waals surface area contributed by atoms with E-state index < -0.39 is 47.0 Å². The van der Waals surface area contributed by atoms with Crippen molar-refractivity contribution >= 4 is 69.8 Å². The molecule has 1 saturated carbocycles. The number of benzene rings is 2. The molecule has 3 saturated heterocycles. The van der Waals surface area contributed by atoms with E-state index in [1.54, 1.807) is 38.3 Å². The quantitative estimate of drug-likeness (QED) is 0.0500. The molecule has 4 aromatic rings. The van der Waals surface area contributed by atoms with Gasteiger partial charge < -0.3 is 46.2 Å². The van der Waals surface area contributed by atoms with Crippen molar-refractivity contribution in [3.8, 4) is 16.2 Å². The molecule has 4 aliphatic rings. The summed E-state index contributed by atoms with van der Waals surface area (Å²) in [4.78, 5) is 75.4. The molecule has 20 heteroatoms. The number of aryl methyl sites for hydroxylation is 1. The molecule has 3 aliphatic heterocycles. The Morgan fingerprint density at radius 2 is 1.79 bits per heavy atom. The largest absolute Gasteiger partial charge is 0.493 e. The van der Waals surface area contributed by atoms with Crippen LogP contribution in [-0.2, 0) is 25.7 Å². The summed E-state index contributed by atoms with van der Waals surface area (Å²) in [7, 11) is 0. The fraction of sp³-hybridized carbons (Fsp3) is 0.582. The Kier molecular flexibility index (Phi) is 18.5. The lowest BCUT2D eigenvalue weighted by Crippen LogP contribution is -2.59. The Morgan fingerprint density at radius 3 is 2.45 bits per heavy atom. The molecule has 2 aromatic carbocycles. The van der Waals surface area contributed by atoms with E-state index in [2.05, 4.69) is 47.6 Å². The van der Waals surface area contributed by atoms with E-state index >= 15 is 0 Å². The summed E-state index contributed by atoms with van der Waals surface area (Å²) < 4.78 is 21.1. The first-order valence-corrected chi connectivity index (χ1v) is 28.6. The number of carbonyl (C=O) groups is 4. The topological polar surface area (TPSA) is 208 Å². The van der Waals surface area contributed by atoms with Crippen LogP contribution in [0.1, 0.15) is 110 Å². The van der Waals surface area contributed by atoms with Crippen LogP contribution in [0.25, 0.3) is 10.4 Å². The van der Waals surface area contributed by atoms with Gasteiger partial charge >= 0.3 is 0 Å². The maximum atomic E-state index is 14.7. The van der Waals surface area contributed by atoms with Crippen LogP contribution in [0.15, 0.2) is 64.2 Å². The highest BCUT2D eigenvalue weighted by molar-refractivity contribution is 7.99. The van der Waals surface area contributed by atoms with Crippen LogP contribution >= 0.6 is 34.7 Å². The standard InChI is InChI=1S/C55H74ClFN10O6S2/c1-35-48(74-34-62-35)37-12-13-38(29-61-50(70)41-28-39(68)32-67(41)51(71)49(53(2,3)4)64-52(72)55(57)17-18-55)42(27-37)73-26-7-6-21-65-22-15-36(16-23-65)11-14-45(69)63-40-9-8-10-43(47(40)56)75-46-31-59-44(30-60-46)66-24-19-54(5,33-58)20-25-66/h8-10,12-13,27,30-31,34,36,39,41,49,68H,6-7,11,14-26,28-29,32-33,58H2,1-5H3,(H,61,70)(H,63,69)(H,64,72)/t39?,41?,49-/m1/s1. The third-order valence-corrected chi connectivity index (χ3v) is 17.8. The third-order valence-electron chi connectivity index (χ3n) is 15.3. The van der Waals surface area contributed by atoms with Gasteiger partial charge in [0.15, 0.2) is 5.67 Å². The first-order valence-electron chi connectivity index (χ1n) is 26.5. The average molecular weight is 1090 g/mol. The van der Waals surface area contributed by atoms with E-state index in [1.165, 1.54) is 16.7 Å². The number of anilines is 2. The van der Waals surface area contributed by atoms with Gasteiger partial charge in [-0.05, 0) is 131 Å². The second-order valence-corrected chi connectivity index (χ2v) is 24.6. The van der Waals surface area contributed by atoms with E-state index in [9.17, 15) is 28.7 Å². The van der Waals surface area contributed by atoms with Crippen LogP contribution in [-0.4, -0.2) is 130 Å². The number of ether oxygens (including phenoxy) is 1. The van der Waals surface area contributed by atoms with Gasteiger partial charge in [-0.3, -0.25) is 19.2 Å². The minimum absolute atomic E-state index is 0.0342. The molecule has 6 N–H and O–H groups in total. The van der Waals surface area contributed by atoms with Crippen LogP contribution in [0.5, 0.6) is 5.75 Å². The summed E-state index contributed by atoms with van der Waals surface area (Å²) in [5.41, 5.74) is 8.44. The summed E-state index contributed by atoms with van der Waals surface area (Å²) in [6, 6.07) is 9.45. The van der Waals surface area contributed by atoms with Crippen LogP contribution < -0.4 is 31.3 Å². The second kappa shape index (κ2) is 24.6. The van der Waals surface area contributed by atoms with Gasteiger partial charge in [0.1, 0.15) is 28.7 Å². The Bertz CT molecular complexity index is 2630. The first-order chi connectivity index (χ1) is 35.8. The SMILES string of the molecule is Cc1ncsc1-c1ccc(CNC(=O)C2CC(O)CN2C(=O)[C@@H](NC(=O)C2(F)CC2)C(C)(C)C)c(OCCCCN2CCC(CCC(=O)Nc3cccc(Sc4cnc(N5CCC(C)(CN)CC5)cn4)c3Cl)CC2)c1. The molecule has 2 unspecified atom stereocenters. The molecule has 0 spiro atoms. The molecule has 4 amide bonds. The average Bonchev–Trinajstić information content (AvgIpc) is 3.80. The molecule has 4 fully saturated rings. The fourth-order valence-corrected chi connectivity index (χ4v) is 11.9. The molecular formula is C55H74ClFN10O6S2. The predicted octanol–water partition coefficient (Wildman–Crippen LogP) is 8.18. The van der Waals surface area contributed by atoms with Gasteiger partial charge in [0, 0.05) is 49.5 Å². The van der Waals surface area contributed by atoms with E-state index in [0.29, 0.717) is 41.9 Å². The zero-order valence-corrected chi connectivity index (χ0v) is 46.4. The molecule has 0 radical (unpaired) electrons. The number of nitrogens with two attached hydrogens (primary N) is 1. The number of hydrogen-bond donors (Lipinski definition) is 5. The molecule has 406 valence electrons. The number of unbranched alkanes of at least 4 members (excludes halogenated alkanes) is 1. The minimum Gasteiger partial charge on any atom is -0.493 e. The lowest BCUT2D eigenvalue weighted by Gasteiger charge is -2.39. The Hall–Kier alpha value is -4.92. The van der Waals surface area contributed by atoms with Crippen LogP contribution in [0.4, 0.5) is 15.9 Å². The molecule has 16 nitrogen and oxygen atoms in total. The van der Waals surface area contributed by atoms with Gasteiger partial charge in [-0.1, -0.05) is 69.3 Å². The monoisotopic (exact) mass is 1090 g/mol. The number of aliphatic hydroxyl groups excluding tert-OH is 1. The van der Waals surface area contributed by atoms with Crippen molar-refractivity contribution in [1.82, 2.24) is 35.4 Å². The number of piperidine rings is 2. The second-order valence-electron chi connectivity index (χ2n) is 22.3. The molecular weight excluding hydrogens is 1020 g/mol. The number of nitrogens with one attached hydrogen (secondary N) is 3. The van der Waals surface area contributed by atoms with Crippen molar-refractivity contribution in [1.29, 1.82) is 0 Å². The van der Waals surface area contributed by atoms with Crippen molar-refractivity contribution in [3.05, 3.63) is 70.6 Å². The maximum Gasteiger partial charge on any atom is 0.258 e. The fourth-order valence-electron chi connectivity index (χ4n) is 10.0. The zero-order valence-electron chi connectivity index (χ0n) is 44.0. The smallest absolute Gasteiger partial charge is 0.258 e. The van der Waals surface area contributed by atoms with Gasteiger partial charge in [0.05, 0.1) is 51.9 Å². The van der Waals surface area contributed by atoms with E-state index in [4.69, 9.17) is 22.1 Å². The van der Waals surface area contributed by atoms with Gasteiger partial charge in [0.2, 0.25) is 17.7 Å². The number of nitrogens with zero attached hydrogens (tertiary/aromatic N) is 6. The number of amides is 4. The summed E-state index contributed by atoms with van der Waals surface area (Å²) in [5, 5.41) is 20.5. The molecule has 0 bridgehead atoms. The van der Waals surface area contributed by atoms with Crippen molar-refractivity contribution in [2.75, 3.05) is 62.6 Å². The van der Waals surface area contributed by atoms with Crippen molar-refractivity contribution in [3.63, 3.8) is 0 Å². The zero-order chi connectivity index (χ0) is 53.5. The van der Waals surface area contributed by atoms with Crippen molar-refractivity contribution < 1.29 is 33.4 Å². The van der Waals surface area contributed by atoms with E-state index in [-0.39, 0.29) is 43.7 Å². The molecule has 5 heterocycles. The number of likely N-dealkylation sites (tertiary alicyclic amines) is 2. The lowest BCUT2D eigenvalue weighted by atomic mass is 9.80. The van der Waals surface area contributed by atoms with Gasteiger partial charge in [-0.15, -0.1) is 11.3 Å². The normalized spacial score (nSPS) is 20.1. The number of rotatable bonds is 21. The number of hydrogen-bond acceptors (Lipinski definition) is 14. The predicted molar refractivity (Wildman–Crippen MR) is 293 cm³/mol. The van der Waals surface area contributed by atoms with Gasteiger partial charge in [0.25, 0.3) is 5.91 Å². The number of β-amino-alcohol motifs (C(OH)–C–C–N with tert-alkyl or cyclic N) is 1. The number of halogens is 2. The maximum absolute atomic E-state index is 14.7. The summed E-state index contributed by atoms with van der Waals surface area (Å²) in [6.07, 6.45) is 10.00. The number of thiazole rings is 1. The minimum atomic E-state index is -1.97. The first kappa shape index (κ1) is 56.3. The molecule has 75 heavy (non-hydrogen) atoms. The van der Waals surface area contributed by atoms with Crippen LogP contribution in [0.3, 0.4) is 0 Å². The summed E-state index contributed by atoms with van der Waals surface area (Å²) >= 11 is 9.79. The van der Waals surface area contributed by atoms with Crippen molar-refractivity contribution in [2.24, 2.45) is 22.5 Å². The number of aliphatic hydroxyl groups is 1. The number of aromatic nitrogens is 3. The number of carbonyl (C=O) groups excluding carboxylic acids is 4. The Morgan fingerprint density at radius 1 is 1.03 bits per heavy atom. The molecule has 1 aliphatic carbocycles. The molecule has 3 atom stereocenters. The van der Waals surface area contributed by atoms with Gasteiger partial charge in [-0.2, -0.15) is 0 Å². The van der Waals surface area contributed by atoms with Gasteiger partial charge in [-0.25, -0.2) is 19.3 Å². The highest BCUT2D eigenvalue weighted by Crippen LogP contribution is 2.41. The van der Waals surface area contributed by atoms with E-state index in [1.807, 2.05) is 55.0 Å². The van der Waals surface area contributed by atoms with E-state index in [0.717, 1.165) is 115 Å². The Labute approximate surface area is 453 Å².